The highest BCUT2D eigenvalue weighted by Crippen LogP contribution is 2.33. The van der Waals surface area contributed by atoms with Gasteiger partial charge in [-0.1, -0.05) is 36.1 Å². The number of hydrogen-bond donors (Lipinski definition) is 2. The average Bonchev–Trinajstić information content (AvgIpc) is 2.98. The second-order valence-electron chi connectivity index (χ2n) is 10.4. The van der Waals surface area contributed by atoms with Crippen LogP contribution < -0.4 is 9.47 Å². The number of aryl methyl sites for hydroxylation is 1. The van der Waals surface area contributed by atoms with Crippen molar-refractivity contribution in [1.82, 2.24) is 4.90 Å². The van der Waals surface area contributed by atoms with Crippen LogP contribution in [0.3, 0.4) is 0 Å². The van der Waals surface area contributed by atoms with Crippen molar-refractivity contribution in [3.05, 3.63) is 101 Å². The van der Waals surface area contributed by atoms with Gasteiger partial charge in [-0.3, -0.25) is 4.90 Å². The third-order valence-corrected chi connectivity index (χ3v) is 7.12. The fourth-order valence-corrected chi connectivity index (χ4v) is 4.64. The van der Waals surface area contributed by atoms with Crippen molar-refractivity contribution in [2.75, 3.05) is 26.2 Å². The van der Waals surface area contributed by atoms with E-state index in [0.717, 1.165) is 43.6 Å². The van der Waals surface area contributed by atoms with E-state index in [-0.39, 0.29) is 12.7 Å². The molecule has 1 heterocycles. The molecule has 1 saturated heterocycles. The molecule has 0 spiro atoms. The number of benzene rings is 3. The lowest BCUT2D eigenvalue weighted by atomic mass is 9.95. The zero-order valence-corrected chi connectivity index (χ0v) is 24.0. The standard InChI is InChI=1S/C34H34F3NO5/c1-23-21-30(12-13-32(23)43-24(2)33(40)41)42-20-16-31(27-6-3-7-28(22-27)34(35,36)37)26-10-8-25(9-11-26)5-4-17-38-18-14-29(39)15-19-38/h3,6-13,16,21-22,24,29,39H,14-15,17-20H2,1-2H3,(H,40,41)/b31-16+. The van der Waals surface area contributed by atoms with Gasteiger partial charge in [-0.05, 0) is 97.5 Å². The molecule has 1 atom stereocenters. The number of ether oxygens (including phenoxy) is 2. The van der Waals surface area contributed by atoms with Crippen LogP contribution in [-0.4, -0.2) is 59.5 Å². The van der Waals surface area contributed by atoms with Crippen LogP contribution in [0, 0.1) is 18.8 Å². The summed E-state index contributed by atoms with van der Waals surface area (Å²) in [7, 11) is 0. The monoisotopic (exact) mass is 593 g/mol. The molecule has 6 nitrogen and oxygen atoms in total. The number of likely N-dealkylation sites (tertiary alicyclic amines) is 1. The van der Waals surface area contributed by atoms with E-state index in [1.807, 2.05) is 24.3 Å². The topological polar surface area (TPSA) is 79.2 Å². The van der Waals surface area contributed by atoms with E-state index < -0.39 is 23.8 Å². The van der Waals surface area contributed by atoms with Crippen molar-refractivity contribution in [2.24, 2.45) is 0 Å². The Morgan fingerprint density at radius 3 is 2.44 bits per heavy atom. The lowest BCUT2D eigenvalue weighted by Gasteiger charge is -2.27. The molecule has 3 aromatic carbocycles. The van der Waals surface area contributed by atoms with Gasteiger partial charge >= 0.3 is 12.1 Å². The molecule has 0 radical (unpaired) electrons. The third kappa shape index (κ3) is 9.11. The Morgan fingerprint density at radius 1 is 1.07 bits per heavy atom. The zero-order valence-electron chi connectivity index (χ0n) is 24.0. The fraction of sp³-hybridized carbons (Fsp3) is 0.324. The highest BCUT2D eigenvalue weighted by atomic mass is 19.4. The lowest BCUT2D eigenvalue weighted by molar-refractivity contribution is -0.144. The summed E-state index contributed by atoms with van der Waals surface area (Å²) in [5.41, 5.74) is 2.40. The molecule has 43 heavy (non-hydrogen) atoms. The number of nitrogens with zero attached hydrogens (tertiary/aromatic N) is 1. The Hall–Kier alpha value is -4.26. The summed E-state index contributed by atoms with van der Waals surface area (Å²) < 4.78 is 51.9. The molecule has 0 saturated carbocycles. The molecule has 0 aromatic heterocycles. The molecular weight excluding hydrogens is 559 g/mol. The number of carboxylic acid groups (broad SMARTS) is 1. The number of aliphatic carboxylic acids is 1. The van der Waals surface area contributed by atoms with Gasteiger partial charge in [-0.15, -0.1) is 0 Å². The van der Waals surface area contributed by atoms with Crippen LogP contribution >= 0.6 is 0 Å². The summed E-state index contributed by atoms with van der Waals surface area (Å²) in [6.45, 7) is 5.50. The number of carbonyl (C=O) groups is 1. The molecule has 0 bridgehead atoms. The summed E-state index contributed by atoms with van der Waals surface area (Å²) in [5.74, 6) is 6.15. The molecule has 226 valence electrons. The van der Waals surface area contributed by atoms with Crippen molar-refractivity contribution in [2.45, 2.75) is 45.1 Å². The number of halogens is 3. The van der Waals surface area contributed by atoms with E-state index in [1.165, 1.54) is 13.0 Å². The van der Waals surface area contributed by atoms with E-state index in [9.17, 15) is 23.1 Å². The molecule has 4 rings (SSSR count). The third-order valence-electron chi connectivity index (χ3n) is 7.12. The second kappa shape index (κ2) is 14.3. The zero-order chi connectivity index (χ0) is 31.0. The van der Waals surface area contributed by atoms with Crippen LogP contribution in [0.1, 0.15) is 47.6 Å². The van der Waals surface area contributed by atoms with Crippen LogP contribution in [0.15, 0.2) is 72.8 Å². The van der Waals surface area contributed by atoms with E-state index in [2.05, 4.69) is 16.7 Å². The van der Waals surface area contributed by atoms with Gasteiger partial charge in [0.25, 0.3) is 0 Å². The van der Waals surface area contributed by atoms with Crippen LogP contribution in [0.5, 0.6) is 11.5 Å². The summed E-state index contributed by atoms with van der Waals surface area (Å²) in [6, 6.07) is 17.5. The smallest absolute Gasteiger partial charge is 0.416 e. The molecule has 1 fully saturated rings. The lowest BCUT2D eigenvalue weighted by Crippen LogP contribution is -2.35. The Morgan fingerprint density at radius 2 is 1.79 bits per heavy atom. The van der Waals surface area contributed by atoms with Crippen molar-refractivity contribution >= 4 is 11.5 Å². The SMILES string of the molecule is Cc1cc(OC/C=C(\c2ccc(C#CCN3CCC(O)CC3)cc2)c2cccc(C(F)(F)F)c2)ccc1OC(C)C(=O)O. The molecule has 2 N–H and O–H groups in total. The van der Waals surface area contributed by atoms with Gasteiger partial charge in [0.1, 0.15) is 18.1 Å². The number of piperidine rings is 1. The average molecular weight is 594 g/mol. The maximum absolute atomic E-state index is 13.5. The highest BCUT2D eigenvalue weighted by Gasteiger charge is 2.30. The van der Waals surface area contributed by atoms with Crippen LogP contribution in [-0.2, 0) is 11.0 Å². The number of aliphatic hydroxyl groups excluding tert-OH is 1. The van der Waals surface area contributed by atoms with Gasteiger partial charge in [0, 0.05) is 18.7 Å². The Labute approximate surface area is 249 Å². The minimum absolute atomic E-state index is 0.0723. The molecule has 9 heteroatoms. The van der Waals surface area contributed by atoms with E-state index in [4.69, 9.17) is 14.6 Å². The van der Waals surface area contributed by atoms with Gasteiger partial charge in [-0.2, -0.15) is 13.2 Å². The minimum atomic E-state index is -4.48. The number of aliphatic hydroxyl groups is 1. The molecule has 0 amide bonds. The van der Waals surface area contributed by atoms with Gasteiger partial charge < -0.3 is 19.7 Å². The van der Waals surface area contributed by atoms with Crippen LogP contribution in [0.2, 0.25) is 0 Å². The summed E-state index contributed by atoms with van der Waals surface area (Å²) in [4.78, 5) is 13.3. The van der Waals surface area contributed by atoms with Crippen LogP contribution in [0.25, 0.3) is 5.57 Å². The number of alkyl halides is 3. The molecular formula is C34H34F3NO5. The van der Waals surface area contributed by atoms with Crippen molar-refractivity contribution in [3.63, 3.8) is 0 Å². The molecule has 0 aliphatic carbocycles. The molecule has 1 aliphatic heterocycles. The second-order valence-corrected chi connectivity index (χ2v) is 10.4. The number of hydrogen-bond acceptors (Lipinski definition) is 5. The van der Waals surface area contributed by atoms with Crippen molar-refractivity contribution in [1.29, 1.82) is 0 Å². The van der Waals surface area contributed by atoms with E-state index >= 15 is 0 Å². The van der Waals surface area contributed by atoms with Gasteiger partial charge in [0.05, 0.1) is 18.2 Å². The fourth-order valence-electron chi connectivity index (χ4n) is 4.64. The molecule has 1 aliphatic rings. The number of carboxylic acids is 1. The van der Waals surface area contributed by atoms with E-state index in [0.29, 0.717) is 40.3 Å². The first-order chi connectivity index (χ1) is 20.5. The largest absolute Gasteiger partial charge is 0.489 e. The summed E-state index contributed by atoms with van der Waals surface area (Å²) in [6.07, 6.45) is -2.51. The molecule has 1 unspecified atom stereocenters. The Balaban J connectivity index is 1.52. The van der Waals surface area contributed by atoms with Crippen LogP contribution in [0.4, 0.5) is 13.2 Å². The normalized spacial score (nSPS) is 15.3. The summed E-state index contributed by atoms with van der Waals surface area (Å²) >= 11 is 0. The highest BCUT2D eigenvalue weighted by molar-refractivity contribution is 5.80. The Bertz CT molecular complexity index is 1500. The van der Waals surface area contributed by atoms with Gasteiger partial charge in [0.15, 0.2) is 6.10 Å². The maximum atomic E-state index is 13.5. The quantitative estimate of drug-likeness (QED) is 0.289. The first kappa shape index (κ1) is 31.7. The number of rotatable bonds is 9. The predicted octanol–water partition coefficient (Wildman–Crippen LogP) is 6.18. The first-order valence-corrected chi connectivity index (χ1v) is 14.0. The predicted molar refractivity (Wildman–Crippen MR) is 158 cm³/mol. The Kier molecular flexibility index (Phi) is 10.5. The van der Waals surface area contributed by atoms with E-state index in [1.54, 1.807) is 37.3 Å². The van der Waals surface area contributed by atoms with Crippen molar-refractivity contribution in [3.8, 4) is 23.3 Å². The van der Waals surface area contributed by atoms with Gasteiger partial charge in [-0.25, -0.2) is 4.79 Å². The molecule has 3 aromatic rings. The minimum Gasteiger partial charge on any atom is -0.489 e. The summed E-state index contributed by atoms with van der Waals surface area (Å²) in [5, 5.41) is 18.7. The van der Waals surface area contributed by atoms with Gasteiger partial charge in [0.2, 0.25) is 0 Å². The first-order valence-electron chi connectivity index (χ1n) is 14.0. The van der Waals surface area contributed by atoms with Crippen molar-refractivity contribution < 1.29 is 37.7 Å². The maximum Gasteiger partial charge on any atom is 0.416 e.